The van der Waals surface area contributed by atoms with Gasteiger partial charge in [0.2, 0.25) is 0 Å². The lowest BCUT2D eigenvalue weighted by molar-refractivity contribution is -0.142. The van der Waals surface area contributed by atoms with Gasteiger partial charge in [0, 0.05) is 0 Å². The number of carbonyl (C=O) groups is 1. The Bertz CT molecular complexity index is 355. The first-order valence-corrected chi connectivity index (χ1v) is 4.75. The summed E-state index contributed by atoms with van der Waals surface area (Å²) in [7, 11) is 1.55. The first-order chi connectivity index (χ1) is 7.17. The van der Waals surface area contributed by atoms with Gasteiger partial charge in [-0.15, -0.1) is 12.4 Å². The molecular weight excluding hydrogens is 230 g/mol. The van der Waals surface area contributed by atoms with Crippen molar-refractivity contribution in [1.82, 2.24) is 0 Å². The molecule has 90 valence electrons. The second-order valence-electron chi connectivity index (χ2n) is 3.06. The van der Waals surface area contributed by atoms with Gasteiger partial charge in [0.15, 0.2) is 0 Å². The number of esters is 1. The molecule has 0 amide bonds. The highest BCUT2D eigenvalue weighted by atomic mass is 35.5. The molecule has 0 aliphatic carbocycles. The van der Waals surface area contributed by atoms with Crippen molar-refractivity contribution in [3.05, 3.63) is 23.8 Å². The van der Waals surface area contributed by atoms with Crippen molar-refractivity contribution >= 4 is 24.1 Å². The quantitative estimate of drug-likeness (QED) is 0.649. The predicted octanol–water partition coefficient (Wildman–Crippen LogP) is 1.80. The molecule has 0 heterocycles. The number of halogens is 1. The zero-order valence-corrected chi connectivity index (χ0v) is 10.2. The number of ether oxygens (including phenoxy) is 2. The Hall–Kier alpha value is -1.42. The van der Waals surface area contributed by atoms with Crippen molar-refractivity contribution in [2.45, 2.75) is 13.3 Å². The smallest absolute Gasteiger partial charge is 0.310 e. The lowest BCUT2D eigenvalue weighted by Gasteiger charge is -2.06. The van der Waals surface area contributed by atoms with E-state index in [1.54, 1.807) is 32.2 Å². The predicted molar refractivity (Wildman–Crippen MR) is 65.0 cm³/mol. The maximum absolute atomic E-state index is 11.2. The zero-order chi connectivity index (χ0) is 11.3. The van der Waals surface area contributed by atoms with Gasteiger partial charge in [-0.2, -0.15) is 0 Å². The summed E-state index contributed by atoms with van der Waals surface area (Å²) < 4.78 is 9.84. The maximum atomic E-state index is 11.2. The van der Waals surface area contributed by atoms with Crippen molar-refractivity contribution in [2.24, 2.45) is 0 Å². The Balaban J connectivity index is 0.00000225. The lowest BCUT2D eigenvalue weighted by atomic mass is 10.1. The van der Waals surface area contributed by atoms with Gasteiger partial charge < -0.3 is 15.2 Å². The fourth-order valence-corrected chi connectivity index (χ4v) is 1.27. The summed E-state index contributed by atoms with van der Waals surface area (Å²) in [5.74, 6) is 0.365. The van der Waals surface area contributed by atoms with Gasteiger partial charge in [0.05, 0.1) is 25.8 Å². The molecule has 0 saturated heterocycles. The molecular formula is C11H16ClNO3. The Kier molecular flexibility index (Phi) is 6.34. The van der Waals surface area contributed by atoms with Crippen molar-refractivity contribution < 1.29 is 14.3 Å². The number of anilines is 1. The molecule has 0 fully saturated rings. The molecule has 4 nitrogen and oxygen atoms in total. The van der Waals surface area contributed by atoms with Crippen LogP contribution in [0.3, 0.4) is 0 Å². The van der Waals surface area contributed by atoms with Crippen LogP contribution >= 0.6 is 12.4 Å². The van der Waals surface area contributed by atoms with Crippen LogP contribution in [0.5, 0.6) is 5.75 Å². The van der Waals surface area contributed by atoms with Gasteiger partial charge in [0.1, 0.15) is 5.75 Å². The number of methoxy groups -OCH3 is 1. The van der Waals surface area contributed by atoms with Crippen molar-refractivity contribution in [3.63, 3.8) is 0 Å². The summed E-state index contributed by atoms with van der Waals surface area (Å²) in [4.78, 5) is 11.2. The van der Waals surface area contributed by atoms with Gasteiger partial charge in [-0.3, -0.25) is 4.79 Å². The van der Waals surface area contributed by atoms with Crippen molar-refractivity contribution in [3.8, 4) is 5.75 Å². The zero-order valence-electron chi connectivity index (χ0n) is 9.36. The van der Waals surface area contributed by atoms with Crippen molar-refractivity contribution in [2.75, 3.05) is 19.5 Å². The second-order valence-corrected chi connectivity index (χ2v) is 3.06. The van der Waals surface area contributed by atoms with E-state index in [1.807, 2.05) is 0 Å². The fourth-order valence-electron chi connectivity index (χ4n) is 1.27. The van der Waals surface area contributed by atoms with Crippen LogP contribution in [0.15, 0.2) is 18.2 Å². The standard InChI is InChI=1S/C11H15NO3.ClH/c1-3-15-11(13)7-8-4-5-10(14-2)9(12)6-8;/h4-6H,3,7,12H2,1-2H3;1H. The number of hydrogen-bond acceptors (Lipinski definition) is 4. The van der Waals surface area contributed by atoms with E-state index in [4.69, 9.17) is 15.2 Å². The molecule has 2 N–H and O–H groups in total. The third-order valence-corrected chi connectivity index (χ3v) is 1.95. The van der Waals surface area contributed by atoms with E-state index >= 15 is 0 Å². The SMILES string of the molecule is CCOC(=O)Cc1ccc(OC)c(N)c1.Cl. The minimum absolute atomic E-state index is 0. The molecule has 0 aliphatic rings. The van der Waals surface area contributed by atoms with E-state index in [-0.39, 0.29) is 24.8 Å². The van der Waals surface area contributed by atoms with E-state index in [1.165, 1.54) is 0 Å². The van der Waals surface area contributed by atoms with E-state index in [9.17, 15) is 4.79 Å². The van der Waals surface area contributed by atoms with E-state index in [0.29, 0.717) is 18.0 Å². The number of benzene rings is 1. The normalized spacial score (nSPS) is 9.12. The minimum atomic E-state index is -0.248. The van der Waals surface area contributed by atoms with Crippen LogP contribution in [0, 0.1) is 0 Å². The highest BCUT2D eigenvalue weighted by Crippen LogP contribution is 2.22. The van der Waals surface area contributed by atoms with Gasteiger partial charge in [-0.25, -0.2) is 0 Å². The second kappa shape index (κ2) is 6.95. The largest absolute Gasteiger partial charge is 0.495 e. The summed E-state index contributed by atoms with van der Waals surface area (Å²) >= 11 is 0. The average molecular weight is 246 g/mol. The molecule has 1 rings (SSSR count). The number of nitrogen functional groups attached to an aromatic ring is 1. The molecule has 0 unspecified atom stereocenters. The molecule has 0 bridgehead atoms. The Morgan fingerprint density at radius 2 is 2.12 bits per heavy atom. The van der Waals surface area contributed by atoms with Gasteiger partial charge in [-0.05, 0) is 24.6 Å². The van der Waals surface area contributed by atoms with E-state index in [2.05, 4.69) is 0 Å². The summed E-state index contributed by atoms with van der Waals surface area (Å²) in [6.45, 7) is 2.17. The van der Waals surface area contributed by atoms with Crippen LogP contribution in [0.4, 0.5) is 5.69 Å². The molecule has 1 aromatic rings. The van der Waals surface area contributed by atoms with Gasteiger partial charge in [-0.1, -0.05) is 6.07 Å². The lowest BCUT2D eigenvalue weighted by Crippen LogP contribution is -2.07. The Morgan fingerprint density at radius 3 is 2.62 bits per heavy atom. The monoisotopic (exact) mass is 245 g/mol. The fraction of sp³-hybridized carbons (Fsp3) is 0.364. The number of hydrogen-bond donors (Lipinski definition) is 1. The molecule has 0 radical (unpaired) electrons. The highest BCUT2D eigenvalue weighted by Gasteiger charge is 2.06. The third-order valence-electron chi connectivity index (χ3n) is 1.95. The van der Waals surface area contributed by atoms with Crippen LogP contribution in [-0.4, -0.2) is 19.7 Å². The summed E-state index contributed by atoms with van der Waals surface area (Å²) in [5, 5.41) is 0. The van der Waals surface area contributed by atoms with Gasteiger partial charge >= 0.3 is 5.97 Å². The first-order valence-electron chi connectivity index (χ1n) is 4.75. The topological polar surface area (TPSA) is 61.5 Å². The number of rotatable bonds is 4. The molecule has 0 atom stereocenters. The Morgan fingerprint density at radius 1 is 1.44 bits per heavy atom. The highest BCUT2D eigenvalue weighted by molar-refractivity contribution is 5.85. The molecule has 0 aliphatic heterocycles. The summed E-state index contributed by atoms with van der Waals surface area (Å²) in [5.41, 5.74) is 7.06. The number of carbonyl (C=O) groups excluding carboxylic acids is 1. The molecule has 0 aromatic heterocycles. The molecule has 0 spiro atoms. The molecule has 16 heavy (non-hydrogen) atoms. The van der Waals surface area contributed by atoms with Crippen LogP contribution in [-0.2, 0) is 16.0 Å². The third kappa shape index (κ3) is 3.98. The summed E-state index contributed by atoms with van der Waals surface area (Å²) in [6.07, 6.45) is 0.238. The summed E-state index contributed by atoms with van der Waals surface area (Å²) in [6, 6.07) is 5.26. The molecule has 5 heteroatoms. The van der Waals surface area contributed by atoms with E-state index < -0.39 is 0 Å². The van der Waals surface area contributed by atoms with Crippen LogP contribution < -0.4 is 10.5 Å². The number of nitrogens with two attached hydrogens (primary N) is 1. The van der Waals surface area contributed by atoms with Crippen LogP contribution in [0.25, 0.3) is 0 Å². The Labute approximate surface area is 101 Å². The van der Waals surface area contributed by atoms with Crippen LogP contribution in [0.1, 0.15) is 12.5 Å². The van der Waals surface area contributed by atoms with E-state index in [0.717, 1.165) is 5.56 Å². The molecule has 0 saturated carbocycles. The minimum Gasteiger partial charge on any atom is -0.495 e. The average Bonchev–Trinajstić information content (AvgIpc) is 2.18. The van der Waals surface area contributed by atoms with Crippen molar-refractivity contribution in [1.29, 1.82) is 0 Å². The first kappa shape index (κ1) is 14.6. The van der Waals surface area contributed by atoms with Gasteiger partial charge in [0.25, 0.3) is 0 Å². The van der Waals surface area contributed by atoms with Crippen LogP contribution in [0.2, 0.25) is 0 Å². The molecule has 1 aromatic carbocycles. The maximum Gasteiger partial charge on any atom is 0.310 e.